The lowest BCUT2D eigenvalue weighted by molar-refractivity contribution is 0.548. The summed E-state index contributed by atoms with van der Waals surface area (Å²) in [5, 5.41) is 3.56. The lowest BCUT2D eigenvalue weighted by Crippen LogP contribution is -2.21. The quantitative estimate of drug-likeness (QED) is 0.757. The summed E-state index contributed by atoms with van der Waals surface area (Å²) in [5.41, 5.74) is 5.79. The van der Waals surface area contributed by atoms with E-state index in [0.717, 1.165) is 13.0 Å². The first-order chi connectivity index (χ1) is 8.20. The van der Waals surface area contributed by atoms with Crippen LogP contribution in [0.1, 0.15) is 49.4 Å². The minimum absolute atomic E-state index is 0.434. The molecule has 0 saturated carbocycles. The second-order valence-corrected chi connectivity index (χ2v) is 5.15. The monoisotopic (exact) mass is 229 g/mol. The van der Waals surface area contributed by atoms with Gasteiger partial charge in [-0.1, -0.05) is 30.7 Å². The molecule has 0 aromatic heterocycles. The van der Waals surface area contributed by atoms with E-state index < -0.39 is 0 Å². The molecule has 0 bridgehead atoms. The standard InChI is InChI=1S/C16H23N/c1-4-17-16(10-12(2)3)15-9-8-13-6-5-7-14(13)11-15/h8-9,11,16-17H,2,4-7,10H2,1,3H3. The highest BCUT2D eigenvalue weighted by Gasteiger charge is 2.15. The van der Waals surface area contributed by atoms with Gasteiger partial charge in [-0.15, -0.1) is 6.58 Å². The van der Waals surface area contributed by atoms with Crippen LogP contribution >= 0.6 is 0 Å². The van der Waals surface area contributed by atoms with Gasteiger partial charge in [0.25, 0.3) is 0 Å². The van der Waals surface area contributed by atoms with Crippen LogP contribution in [0, 0.1) is 0 Å². The molecule has 0 saturated heterocycles. The fourth-order valence-corrected chi connectivity index (χ4v) is 2.71. The zero-order valence-electron chi connectivity index (χ0n) is 11.1. The minimum atomic E-state index is 0.434. The minimum Gasteiger partial charge on any atom is -0.310 e. The molecule has 0 aliphatic heterocycles. The van der Waals surface area contributed by atoms with E-state index in [1.54, 1.807) is 11.1 Å². The first kappa shape index (κ1) is 12.4. The average Bonchev–Trinajstić information content (AvgIpc) is 2.74. The third-order valence-electron chi connectivity index (χ3n) is 3.53. The molecule has 1 aromatic rings. The predicted octanol–water partition coefficient (Wildman–Crippen LogP) is 3.79. The Kier molecular flexibility index (Phi) is 4.01. The summed E-state index contributed by atoms with van der Waals surface area (Å²) in [4.78, 5) is 0. The van der Waals surface area contributed by atoms with Gasteiger partial charge in [0.2, 0.25) is 0 Å². The summed E-state index contributed by atoms with van der Waals surface area (Å²) >= 11 is 0. The molecule has 1 aromatic carbocycles. The van der Waals surface area contributed by atoms with Crippen LogP contribution in [0.15, 0.2) is 30.4 Å². The topological polar surface area (TPSA) is 12.0 Å². The summed E-state index contributed by atoms with van der Waals surface area (Å²) < 4.78 is 0. The second-order valence-electron chi connectivity index (χ2n) is 5.15. The van der Waals surface area contributed by atoms with E-state index in [1.807, 2.05) is 0 Å². The van der Waals surface area contributed by atoms with E-state index in [0.29, 0.717) is 6.04 Å². The summed E-state index contributed by atoms with van der Waals surface area (Å²) in [6.45, 7) is 9.32. The zero-order chi connectivity index (χ0) is 12.3. The second kappa shape index (κ2) is 5.50. The van der Waals surface area contributed by atoms with Crippen molar-refractivity contribution in [3.8, 4) is 0 Å². The van der Waals surface area contributed by atoms with Gasteiger partial charge >= 0.3 is 0 Å². The van der Waals surface area contributed by atoms with Crippen LogP contribution in [0.2, 0.25) is 0 Å². The van der Waals surface area contributed by atoms with E-state index in [1.165, 1.54) is 30.4 Å². The van der Waals surface area contributed by atoms with Crippen LogP contribution in [-0.4, -0.2) is 6.54 Å². The number of aryl methyl sites for hydroxylation is 2. The molecule has 1 aliphatic rings. The van der Waals surface area contributed by atoms with Crippen LogP contribution in [0.4, 0.5) is 0 Å². The Bertz CT molecular complexity index is 406. The lowest BCUT2D eigenvalue weighted by atomic mass is 9.97. The summed E-state index contributed by atoms with van der Waals surface area (Å²) in [6.07, 6.45) is 4.88. The molecule has 0 heterocycles. The largest absolute Gasteiger partial charge is 0.310 e. The van der Waals surface area contributed by atoms with E-state index in [-0.39, 0.29) is 0 Å². The van der Waals surface area contributed by atoms with Crippen molar-refractivity contribution < 1.29 is 0 Å². The number of benzene rings is 1. The summed E-state index contributed by atoms with van der Waals surface area (Å²) in [7, 11) is 0. The van der Waals surface area contributed by atoms with E-state index in [9.17, 15) is 0 Å². The fraction of sp³-hybridized carbons (Fsp3) is 0.500. The van der Waals surface area contributed by atoms with Gasteiger partial charge in [-0.3, -0.25) is 0 Å². The van der Waals surface area contributed by atoms with Crippen LogP contribution < -0.4 is 5.32 Å². The molecule has 0 amide bonds. The van der Waals surface area contributed by atoms with E-state index >= 15 is 0 Å². The lowest BCUT2D eigenvalue weighted by Gasteiger charge is -2.19. The Balaban J connectivity index is 2.20. The molecular weight excluding hydrogens is 206 g/mol. The summed E-state index contributed by atoms with van der Waals surface area (Å²) in [5.74, 6) is 0. The molecule has 0 fully saturated rings. The Labute approximate surface area is 105 Å². The first-order valence-corrected chi connectivity index (χ1v) is 6.70. The maximum atomic E-state index is 4.04. The van der Waals surface area contributed by atoms with Crippen LogP contribution in [-0.2, 0) is 12.8 Å². The van der Waals surface area contributed by atoms with E-state index in [2.05, 4.69) is 43.9 Å². The molecule has 1 heteroatoms. The van der Waals surface area contributed by atoms with Crippen molar-refractivity contribution in [2.45, 2.75) is 45.6 Å². The highest BCUT2D eigenvalue weighted by atomic mass is 14.9. The Hall–Kier alpha value is -1.08. The van der Waals surface area contributed by atoms with Crippen molar-refractivity contribution in [1.29, 1.82) is 0 Å². The van der Waals surface area contributed by atoms with Gasteiger partial charge in [0, 0.05) is 6.04 Å². The number of fused-ring (bicyclic) bond motifs is 1. The van der Waals surface area contributed by atoms with Crippen LogP contribution in [0.25, 0.3) is 0 Å². The molecule has 1 aliphatic carbocycles. The van der Waals surface area contributed by atoms with Gasteiger partial charge in [0.15, 0.2) is 0 Å². The molecule has 1 atom stereocenters. The average molecular weight is 229 g/mol. The highest BCUT2D eigenvalue weighted by Crippen LogP contribution is 2.27. The highest BCUT2D eigenvalue weighted by molar-refractivity contribution is 5.36. The SMILES string of the molecule is C=C(C)CC(NCC)c1ccc2c(c1)CCC2. The number of nitrogens with one attached hydrogen (secondary N) is 1. The Morgan fingerprint density at radius 1 is 1.35 bits per heavy atom. The van der Waals surface area contributed by atoms with Crippen LogP contribution in [0.5, 0.6) is 0 Å². The van der Waals surface area contributed by atoms with Crippen molar-refractivity contribution in [2.75, 3.05) is 6.54 Å². The Morgan fingerprint density at radius 3 is 2.82 bits per heavy atom. The molecule has 1 nitrogen and oxygen atoms in total. The van der Waals surface area contributed by atoms with Gasteiger partial charge in [-0.2, -0.15) is 0 Å². The number of hydrogen-bond acceptors (Lipinski definition) is 1. The molecule has 1 unspecified atom stereocenters. The van der Waals surface area contributed by atoms with Crippen molar-refractivity contribution in [3.05, 3.63) is 47.0 Å². The zero-order valence-corrected chi connectivity index (χ0v) is 11.1. The first-order valence-electron chi connectivity index (χ1n) is 6.70. The van der Waals surface area contributed by atoms with Gasteiger partial charge in [0.1, 0.15) is 0 Å². The molecular formula is C16H23N. The number of rotatable bonds is 5. The van der Waals surface area contributed by atoms with Crippen molar-refractivity contribution in [3.63, 3.8) is 0 Å². The summed E-state index contributed by atoms with van der Waals surface area (Å²) in [6, 6.07) is 7.45. The van der Waals surface area contributed by atoms with Crippen molar-refractivity contribution >= 4 is 0 Å². The normalized spacial score (nSPS) is 15.6. The van der Waals surface area contributed by atoms with Crippen LogP contribution in [0.3, 0.4) is 0 Å². The maximum Gasteiger partial charge on any atom is 0.0357 e. The van der Waals surface area contributed by atoms with Gasteiger partial charge in [-0.25, -0.2) is 0 Å². The molecule has 17 heavy (non-hydrogen) atoms. The molecule has 2 rings (SSSR count). The smallest absolute Gasteiger partial charge is 0.0357 e. The van der Waals surface area contributed by atoms with Gasteiger partial charge in [-0.05, 0) is 55.8 Å². The molecule has 92 valence electrons. The van der Waals surface area contributed by atoms with Crippen molar-refractivity contribution in [1.82, 2.24) is 5.32 Å². The third kappa shape index (κ3) is 2.98. The fourth-order valence-electron chi connectivity index (χ4n) is 2.71. The van der Waals surface area contributed by atoms with E-state index in [4.69, 9.17) is 0 Å². The maximum absolute atomic E-state index is 4.04. The van der Waals surface area contributed by atoms with Gasteiger partial charge < -0.3 is 5.32 Å². The molecule has 1 N–H and O–H groups in total. The molecule has 0 radical (unpaired) electrons. The van der Waals surface area contributed by atoms with Crippen molar-refractivity contribution in [2.24, 2.45) is 0 Å². The Morgan fingerprint density at radius 2 is 2.12 bits per heavy atom. The van der Waals surface area contributed by atoms with Gasteiger partial charge in [0.05, 0.1) is 0 Å². The third-order valence-corrected chi connectivity index (χ3v) is 3.53. The number of hydrogen-bond donors (Lipinski definition) is 1. The molecule has 0 spiro atoms. The predicted molar refractivity (Wildman–Crippen MR) is 74.3 cm³/mol.